The molecule has 0 aliphatic carbocycles. The molecule has 51 heavy (non-hydrogen) atoms. The quantitative estimate of drug-likeness (QED) is 0.115. The summed E-state index contributed by atoms with van der Waals surface area (Å²) in [5, 5.41) is 74.3. The molecule has 4 heterocycles. The predicted octanol–water partition coefficient (Wildman–Crippen LogP) is -0.525. The number of carboxylic acids is 1. The molecule has 1 saturated heterocycles. The number of aliphatic imine (C=N–C) groups is 3. The van der Waals surface area contributed by atoms with Crippen molar-refractivity contribution in [2.75, 3.05) is 33.4 Å². The lowest BCUT2D eigenvalue weighted by atomic mass is 9.80. The fraction of sp³-hybridized carbons (Fsp3) is 0.382. The van der Waals surface area contributed by atoms with Gasteiger partial charge in [0.15, 0.2) is 23.3 Å². The number of phenols is 1. The van der Waals surface area contributed by atoms with Gasteiger partial charge in [-0.05, 0) is 35.8 Å². The highest BCUT2D eigenvalue weighted by Crippen LogP contribution is 2.51. The number of carbonyl (C=O) groups is 1. The van der Waals surface area contributed by atoms with Crippen molar-refractivity contribution in [1.29, 1.82) is 0 Å². The van der Waals surface area contributed by atoms with Crippen LogP contribution in [-0.4, -0.2) is 124 Å². The van der Waals surface area contributed by atoms with Crippen LogP contribution in [0, 0.1) is 0 Å². The van der Waals surface area contributed by atoms with Gasteiger partial charge in [-0.25, -0.2) is 9.79 Å². The van der Waals surface area contributed by atoms with Crippen molar-refractivity contribution in [2.45, 2.75) is 49.1 Å². The Morgan fingerprint density at radius 2 is 1.92 bits per heavy atom. The van der Waals surface area contributed by atoms with Crippen molar-refractivity contribution in [1.82, 2.24) is 5.32 Å². The number of nitrogens with one attached hydrogen (secondary N) is 1. The van der Waals surface area contributed by atoms with Crippen LogP contribution in [-0.2, 0) is 9.53 Å². The highest BCUT2D eigenvalue weighted by atomic mass is 16.7. The number of nitrogens with two attached hydrogens (primary N) is 1. The Morgan fingerprint density at radius 3 is 2.59 bits per heavy atom. The predicted molar refractivity (Wildman–Crippen MR) is 181 cm³/mol. The van der Waals surface area contributed by atoms with Gasteiger partial charge in [-0.15, -0.1) is 0 Å². The summed E-state index contributed by atoms with van der Waals surface area (Å²) in [6.07, 6.45) is -2.57. The summed E-state index contributed by atoms with van der Waals surface area (Å²) in [6.45, 7) is 0.788. The standard InChI is InChI=1S/C34H37N5O12/c1-36-9-11-48-29-24(50-33-28(42)30(43)34(46,31(51-33)32(44)45)14-19-15-37-16-38-19)13-23-26(27(29)41)21(40)12-22(49-23)17-2-5-20(6-3-17)47-10-8-18-4-7-25(35)39-18/h2-7,12-13,16,22,28,30-31,33,35-36,40-43,46H,8-11,14-15H2,1H3,(H,44,45)/p+1/t22?,28-,30+,31-,33-,34+/m1/s1. The molecule has 17 heteroatoms. The number of aromatic hydroxyl groups is 1. The molecule has 0 bridgehead atoms. The second-order valence-corrected chi connectivity index (χ2v) is 12.1. The van der Waals surface area contributed by atoms with Gasteiger partial charge >= 0.3 is 11.8 Å². The smallest absolute Gasteiger partial charge is 0.336 e. The minimum absolute atomic E-state index is 0.0112. The first-order valence-electron chi connectivity index (χ1n) is 16.0. The van der Waals surface area contributed by atoms with Crippen LogP contribution >= 0.6 is 0 Å². The summed E-state index contributed by atoms with van der Waals surface area (Å²) in [6, 6.07) is 8.21. The van der Waals surface area contributed by atoms with Crippen LogP contribution in [0.2, 0.25) is 0 Å². The van der Waals surface area contributed by atoms with E-state index in [0.29, 0.717) is 36.7 Å². The fourth-order valence-corrected chi connectivity index (χ4v) is 5.94. The third-order valence-corrected chi connectivity index (χ3v) is 8.55. The minimum Gasteiger partial charge on any atom is -0.507 e. The summed E-state index contributed by atoms with van der Waals surface area (Å²) in [5.74, 6) is -2.13. The number of likely N-dealkylation sites (N-methyl/N-ethyl adjacent to an activating group) is 1. The number of benzene rings is 2. The van der Waals surface area contributed by atoms with Gasteiger partial charge in [0.25, 0.3) is 0 Å². The molecule has 2 aromatic rings. The molecule has 0 aromatic heterocycles. The van der Waals surface area contributed by atoms with E-state index in [9.17, 15) is 35.4 Å². The molecule has 0 spiro atoms. The number of phenolic OH excluding ortho intramolecular Hbond substituents is 1. The zero-order valence-electron chi connectivity index (χ0n) is 27.4. The van der Waals surface area contributed by atoms with Crippen molar-refractivity contribution < 1.29 is 64.5 Å². The molecule has 1 fully saturated rings. The molecule has 17 nitrogen and oxygen atoms in total. The van der Waals surface area contributed by atoms with E-state index in [0.717, 1.165) is 5.71 Å². The largest absolute Gasteiger partial charge is 0.507 e. The van der Waals surface area contributed by atoms with Crippen molar-refractivity contribution in [3.8, 4) is 28.7 Å². The Kier molecular flexibility index (Phi) is 10.4. The average Bonchev–Trinajstić information content (AvgIpc) is 3.77. The monoisotopic (exact) mass is 708 g/mol. The number of hydrogen-bond donors (Lipinski definition) is 8. The Bertz CT molecular complexity index is 1820. The second-order valence-electron chi connectivity index (χ2n) is 12.1. The highest BCUT2D eigenvalue weighted by molar-refractivity contribution is 6.13. The van der Waals surface area contributed by atoms with Crippen molar-refractivity contribution >= 4 is 35.3 Å². The molecule has 0 radical (unpaired) electrons. The maximum atomic E-state index is 12.3. The van der Waals surface area contributed by atoms with E-state index < -0.39 is 54.4 Å². The molecule has 0 amide bonds. The fourth-order valence-electron chi connectivity index (χ4n) is 5.94. The molecule has 270 valence electrons. The summed E-state index contributed by atoms with van der Waals surface area (Å²) in [5.41, 5.74) is -0.893. The topological polar surface area (TPSA) is 259 Å². The van der Waals surface area contributed by atoms with Crippen LogP contribution in [0.3, 0.4) is 0 Å². The van der Waals surface area contributed by atoms with Gasteiger partial charge in [0.2, 0.25) is 12.0 Å². The zero-order chi connectivity index (χ0) is 36.3. The molecule has 9 N–H and O–H groups in total. The number of hydrogen-bond acceptors (Lipinski definition) is 14. The molecule has 4 aliphatic rings. The van der Waals surface area contributed by atoms with Crippen LogP contribution in [0.1, 0.15) is 30.1 Å². The lowest BCUT2D eigenvalue weighted by molar-refractivity contribution is -0.303. The van der Waals surface area contributed by atoms with Gasteiger partial charge in [-0.1, -0.05) is 12.1 Å². The van der Waals surface area contributed by atoms with Crippen LogP contribution in [0.15, 0.2) is 63.5 Å². The second kappa shape index (κ2) is 14.9. The number of allylic oxidation sites excluding steroid dienone is 1. The zero-order valence-corrected chi connectivity index (χ0v) is 27.4. The van der Waals surface area contributed by atoms with Gasteiger partial charge in [-0.3, -0.25) is 10.4 Å². The minimum atomic E-state index is -2.50. The molecule has 6 atom stereocenters. The Morgan fingerprint density at radius 1 is 1.14 bits per heavy atom. The van der Waals surface area contributed by atoms with Crippen LogP contribution in [0.25, 0.3) is 5.76 Å². The third-order valence-electron chi connectivity index (χ3n) is 8.55. The first kappa shape index (κ1) is 35.5. The highest BCUT2D eigenvalue weighted by Gasteiger charge is 2.59. The maximum absolute atomic E-state index is 12.3. The van der Waals surface area contributed by atoms with Crippen molar-refractivity contribution in [3.63, 3.8) is 0 Å². The number of ether oxygens (including phenoxy) is 5. The van der Waals surface area contributed by atoms with Gasteiger partial charge in [-0.2, -0.15) is 0 Å². The van der Waals surface area contributed by atoms with E-state index in [2.05, 4.69) is 20.3 Å². The molecule has 1 unspecified atom stereocenters. The summed E-state index contributed by atoms with van der Waals surface area (Å²) in [4.78, 5) is 24.3. The number of aliphatic carboxylic acids is 1. The number of nitrogens with zero attached hydrogens (tertiary/aromatic N) is 3. The van der Waals surface area contributed by atoms with E-state index in [1.807, 2.05) is 6.08 Å². The molecule has 2 aromatic carbocycles. The van der Waals surface area contributed by atoms with E-state index >= 15 is 0 Å². The first-order chi connectivity index (χ1) is 24.5. The van der Waals surface area contributed by atoms with E-state index in [4.69, 9.17) is 29.1 Å². The molecule has 6 rings (SSSR count). The summed E-state index contributed by atoms with van der Waals surface area (Å²) >= 11 is 0. The van der Waals surface area contributed by atoms with Crippen molar-refractivity contribution in [2.24, 2.45) is 15.0 Å². The summed E-state index contributed by atoms with van der Waals surface area (Å²) < 4.78 is 29.2. The first-order valence-corrected chi connectivity index (χ1v) is 16.0. The van der Waals surface area contributed by atoms with Crippen LogP contribution < -0.4 is 29.7 Å². The molecule has 0 saturated carbocycles. The molecule has 4 aliphatic heterocycles. The number of rotatable bonds is 14. The average molecular weight is 709 g/mol. The number of aliphatic hydroxyl groups excluding tert-OH is 3. The van der Waals surface area contributed by atoms with E-state index in [-0.39, 0.29) is 47.4 Å². The third kappa shape index (κ3) is 7.42. The van der Waals surface area contributed by atoms with Gasteiger partial charge < -0.3 is 59.6 Å². The maximum Gasteiger partial charge on any atom is 0.336 e. The lowest BCUT2D eigenvalue weighted by Gasteiger charge is -2.46. The Hall–Kier alpha value is -5.33. The molecular weight excluding hydrogens is 670 g/mol. The van der Waals surface area contributed by atoms with Gasteiger partial charge in [0.1, 0.15) is 59.7 Å². The summed E-state index contributed by atoms with van der Waals surface area (Å²) in [7, 11) is 1.68. The number of fused-ring (bicyclic) bond motifs is 1. The van der Waals surface area contributed by atoms with Crippen molar-refractivity contribution in [3.05, 3.63) is 59.7 Å². The number of aliphatic hydroxyl groups is 4. The number of carboxylic acid groups (broad SMARTS) is 1. The Balaban J connectivity index is 1.23. The van der Waals surface area contributed by atoms with Crippen LogP contribution in [0.5, 0.6) is 28.7 Å². The molecular formula is C34H38N5O12+. The SMILES string of the molecule is CNCCOc1c(O[C@@H]2O[C@H](C(=O)O)[C@](O)(CC3=NC=NC3)[C@@H](O)[C@H]2O)cc2c(c1O)C(O)=CC(c1ccc(OCCC3=NC(=[NH2+])C=C3)cc1)O2. The number of amidine groups is 1. The lowest BCUT2D eigenvalue weighted by Crippen LogP contribution is -2.69. The van der Waals surface area contributed by atoms with Gasteiger partial charge in [0, 0.05) is 43.3 Å². The van der Waals surface area contributed by atoms with E-state index in [1.165, 1.54) is 18.5 Å². The Labute approximate surface area is 291 Å². The normalized spacial score (nSPS) is 26.5. The van der Waals surface area contributed by atoms with Gasteiger partial charge in [0.05, 0.1) is 13.2 Å². The van der Waals surface area contributed by atoms with E-state index in [1.54, 1.807) is 37.4 Å². The van der Waals surface area contributed by atoms with Crippen LogP contribution in [0.4, 0.5) is 0 Å².